The summed E-state index contributed by atoms with van der Waals surface area (Å²) in [6.07, 6.45) is 1.03. The lowest BCUT2D eigenvalue weighted by atomic mass is 9.90. The molecule has 0 radical (unpaired) electrons. The normalized spacial score (nSPS) is 13.2. The van der Waals surface area contributed by atoms with E-state index < -0.39 is 0 Å². The summed E-state index contributed by atoms with van der Waals surface area (Å²) in [5, 5.41) is 2.94. The van der Waals surface area contributed by atoms with Crippen LogP contribution in [-0.2, 0) is 0 Å². The largest absolute Gasteiger partial charge is 0.351 e. The fraction of sp³-hybridized carbons (Fsp3) is 0.500. The van der Waals surface area contributed by atoms with E-state index in [1.54, 1.807) is 0 Å². The van der Waals surface area contributed by atoms with Gasteiger partial charge in [0.25, 0.3) is 5.91 Å². The molecule has 17 heavy (non-hydrogen) atoms. The molecule has 0 heterocycles. The number of hydrogen-bond donors (Lipinski definition) is 1. The van der Waals surface area contributed by atoms with Gasteiger partial charge in [0.05, 0.1) is 0 Å². The maximum absolute atomic E-state index is 11.8. The van der Waals surface area contributed by atoms with Crippen LogP contribution in [0.25, 0.3) is 0 Å². The summed E-state index contributed by atoms with van der Waals surface area (Å²) in [4.78, 5) is 12.1. The van der Waals surface area contributed by atoms with Gasteiger partial charge in [0.2, 0.25) is 0 Å². The quantitative estimate of drug-likeness (QED) is 0.845. The Morgan fingerprint density at radius 1 is 1.29 bits per heavy atom. The van der Waals surface area contributed by atoms with Crippen LogP contribution in [-0.4, -0.2) is 17.3 Å². The van der Waals surface area contributed by atoms with E-state index >= 15 is 0 Å². The number of carbonyl (C=O) groups is 1. The van der Waals surface area contributed by atoms with Crippen molar-refractivity contribution in [2.45, 2.75) is 32.0 Å². The number of carbonyl (C=O) groups excluding carboxylic acids is 1. The van der Waals surface area contributed by atoms with Gasteiger partial charge in [-0.2, -0.15) is 0 Å². The molecule has 0 spiro atoms. The molecule has 1 aromatic rings. The molecular formula is C14H20BrNO. The first-order valence-electron chi connectivity index (χ1n) is 5.86. The van der Waals surface area contributed by atoms with Gasteiger partial charge in [-0.05, 0) is 24.0 Å². The molecule has 1 N–H and O–H groups in total. The maximum atomic E-state index is 11.8. The number of benzene rings is 1. The number of amides is 1. The van der Waals surface area contributed by atoms with Crippen LogP contribution in [0.4, 0.5) is 0 Å². The fourth-order valence-corrected chi connectivity index (χ4v) is 2.76. The predicted octanol–water partition coefficient (Wildman–Crippen LogP) is 3.62. The number of alkyl halides is 1. The third-order valence-corrected chi connectivity index (χ3v) is 3.00. The zero-order valence-electron chi connectivity index (χ0n) is 10.7. The molecule has 0 saturated heterocycles. The molecule has 0 bridgehead atoms. The average Bonchev–Trinajstić information content (AvgIpc) is 2.25. The van der Waals surface area contributed by atoms with Crippen molar-refractivity contribution in [2.75, 3.05) is 6.54 Å². The summed E-state index contributed by atoms with van der Waals surface area (Å²) in [6.45, 7) is 7.24. The van der Waals surface area contributed by atoms with Crippen molar-refractivity contribution in [3.8, 4) is 0 Å². The molecule has 2 nitrogen and oxygen atoms in total. The van der Waals surface area contributed by atoms with Gasteiger partial charge in [-0.3, -0.25) is 4.79 Å². The van der Waals surface area contributed by atoms with Crippen LogP contribution in [0.15, 0.2) is 30.3 Å². The average molecular weight is 298 g/mol. The number of nitrogens with one attached hydrogen (secondary N) is 1. The monoisotopic (exact) mass is 297 g/mol. The smallest absolute Gasteiger partial charge is 0.251 e. The fourth-order valence-electron chi connectivity index (χ4n) is 1.63. The first kappa shape index (κ1) is 14.2. The molecule has 0 saturated carbocycles. The Kier molecular flexibility index (Phi) is 5.19. The molecule has 0 aliphatic carbocycles. The third-order valence-electron chi connectivity index (χ3n) is 2.35. The Balaban J connectivity index is 2.39. The number of rotatable bonds is 4. The highest BCUT2D eigenvalue weighted by Crippen LogP contribution is 2.24. The highest BCUT2D eigenvalue weighted by Gasteiger charge is 2.17. The molecule has 0 aromatic heterocycles. The molecule has 1 amide bonds. The van der Waals surface area contributed by atoms with Gasteiger partial charge in [-0.25, -0.2) is 0 Å². The highest BCUT2D eigenvalue weighted by atomic mass is 79.9. The van der Waals surface area contributed by atoms with Gasteiger partial charge in [-0.1, -0.05) is 54.9 Å². The Morgan fingerprint density at radius 2 is 1.88 bits per heavy atom. The van der Waals surface area contributed by atoms with Crippen LogP contribution in [0.3, 0.4) is 0 Å². The van der Waals surface area contributed by atoms with Gasteiger partial charge in [0, 0.05) is 16.9 Å². The minimum Gasteiger partial charge on any atom is -0.351 e. The van der Waals surface area contributed by atoms with Gasteiger partial charge < -0.3 is 5.32 Å². The molecule has 1 unspecified atom stereocenters. The van der Waals surface area contributed by atoms with Crippen LogP contribution >= 0.6 is 15.9 Å². The highest BCUT2D eigenvalue weighted by molar-refractivity contribution is 9.09. The second-order valence-corrected chi connectivity index (χ2v) is 6.73. The maximum Gasteiger partial charge on any atom is 0.251 e. The van der Waals surface area contributed by atoms with Gasteiger partial charge in [-0.15, -0.1) is 0 Å². The van der Waals surface area contributed by atoms with Crippen molar-refractivity contribution in [1.82, 2.24) is 5.32 Å². The van der Waals surface area contributed by atoms with Crippen LogP contribution in [0.2, 0.25) is 0 Å². The number of halogens is 1. The minimum absolute atomic E-state index is 0.0102. The summed E-state index contributed by atoms with van der Waals surface area (Å²) in [5.41, 5.74) is 0.981. The van der Waals surface area contributed by atoms with Gasteiger partial charge in [0.15, 0.2) is 0 Å². The van der Waals surface area contributed by atoms with E-state index in [2.05, 4.69) is 42.0 Å². The summed E-state index contributed by atoms with van der Waals surface area (Å²) in [6, 6.07) is 9.29. The molecule has 1 aromatic carbocycles. The van der Waals surface area contributed by atoms with Crippen molar-refractivity contribution < 1.29 is 4.79 Å². The summed E-state index contributed by atoms with van der Waals surface area (Å²) in [7, 11) is 0. The van der Waals surface area contributed by atoms with Crippen LogP contribution in [0.5, 0.6) is 0 Å². The molecule has 0 aliphatic heterocycles. The zero-order valence-corrected chi connectivity index (χ0v) is 12.3. The van der Waals surface area contributed by atoms with Crippen molar-refractivity contribution in [3.63, 3.8) is 0 Å². The second-order valence-electron chi connectivity index (χ2n) is 5.44. The second kappa shape index (κ2) is 6.20. The van der Waals surface area contributed by atoms with Gasteiger partial charge >= 0.3 is 0 Å². The number of hydrogen-bond acceptors (Lipinski definition) is 1. The standard InChI is InChI=1S/C14H20BrNO/c1-14(2,3)9-12(15)10-16-13(17)11-7-5-4-6-8-11/h4-8,12H,9-10H2,1-3H3,(H,16,17). The van der Waals surface area contributed by atoms with Crippen molar-refractivity contribution in [3.05, 3.63) is 35.9 Å². The first-order valence-corrected chi connectivity index (χ1v) is 6.77. The first-order chi connectivity index (χ1) is 7.88. The molecule has 3 heteroatoms. The Morgan fingerprint density at radius 3 is 2.41 bits per heavy atom. The van der Waals surface area contributed by atoms with Crippen LogP contribution in [0.1, 0.15) is 37.6 Å². The van der Waals surface area contributed by atoms with Crippen LogP contribution < -0.4 is 5.32 Å². The Hall–Kier alpha value is -0.830. The van der Waals surface area contributed by atoms with Crippen LogP contribution in [0, 0.1) is 5.41 Å². The predicted molar refractivity (Wildman–Crippen MR) is 75.6 cm³/mol. The molecule has 94 valence electrons. The topological polar surface area (TPSA) is 29.1 Å². The molecule has 0 aliphatic rings. The van der Waals surface area contributed by atoms with E-state index in [0.29, 0.717) is 16.9 Å². The lowest BCUT2D eigenvalue weighted by molar-refractivity contribution is 0.0952. The molecule has 1 rings (SSSR count). The SMILES string of the molecule is CC(C)(C)CC(Br)CNC(=O)c1ccccc1. The van der Waals surface area contributed by atoms with Crippen molar-refractivity contribution in [2.24, 2.45) is 5.41 Å². The van der Waals surface area contributed by atoms with Crippen molar-refractivity contribution >= 4 is 21.8 Å². The Bertz CT molecular complexity index is 356. The summed E-state index contributed by atoms with van der Waals surface area (Å²) < 4.78 is 0. The van der Waals surface area contributed by atoms with E-state index in [0.717, 1.165) is 6.42 Å². The van der Waals surface area contributed by atoms with E-state index in [9.17, 15) is 4.79 Å². The molecule has 1 atom stereocenters. The summed E-state index contributed by atoms with van der Waals surface area (Å²) in [5.74, 6) is -0.0102. The van der Waals surface area contributed by atoms with E-state index in [1.807, 2.05) is 30.3 Å². The molecule has 0 fully saturated rings. The summed E-state index contributed by atoms with van der Waals surface area (Å²) >= 11 is 3.60. The van der Waals surface area contributed by atoms with Gasteiger partial charge in [0.1, 0.15) is 0 Å². The van der Waals surface area contributed by atoms with Crippen molar-refractivity contribution in [1.29, 1.82) is 0 Å². The molecular weight excluding hydrogens is 278 g/mol. The minimum atomic E-state index is -0.0102. The van der Waals surface area contributed by atoms with E-state index in [4.69, 9.17) is 0 Å². The van der Waals surface area contributed by atoms with E-state index in [-0.39, 0.29) is 11.3 Å². The van der Waals surface area contributed by atoms with E-state index in [1.165, 1.54) is 0 Å². The lowest BCUT2D eigenvalue weighted by Crippen LogP contribution is -2.31. The lowest BCUT2D eigenvalue weighted by Gasteiger charge is -2.22. The third kappa shape index (κ3) is 5.87. The Labute approximate surface area is 112 Å². The zero-order chi connectivity index (χ0) is 12.9.